The van der Waals surface area contributed by atoms with Crippen molar-refractivity contribution >= 4 is 10.9 Å². The van der Waals surface area contributed by atoms with E-state index in [1.807, 2.05) is 6.92 Å². The number of aryl methyl sites for hydroxylation is 2. The van der Waals surface area contributed by atoms with Crippen molar-refractivity contribution in [3.8, 4) is 17.2 Å². The second-order valence-corrected chi connectivity index (χ2v) is 8.66. The molecule has 0 aliphatic carbocycles. The van der Waals surface area contributed by atoms with Crippen LogP contribution >= 0.6 is 0 Å². The molecule has 1 atom stereocenters. The van der Waals surface area contributed by atoms with Crippen LogP contribution in [0.25, 0.3) is 28.1 Å². The van der Waals surface area contributed by atoms with E-state index in [1.165, 1.54) is 35.2 Å². The van der Waals surface area contributed by atoms with Crippen LogP contribution in [0.15, 0.2) is 53.7 Å². The fourth-order valence-electron chi connectivity index (χ4n) is 4.74. The van der Waals surface area contributed by atoms with Gasteiger partial charge in [0.25, 0.3) is 0 Å². The molecule has 1 aliphatic heterocycles. The molecule has 1 aliphatic rings. The smallest absolute Gasteiger partial charge is 0.310 e. The van der Waals surface area contributed by atoms with Gasteiger partial charge in [0.2, 0.25) is 0 Å². The summed E-state index contributed by atoms with van der Waals surface area (Å²) in [5, 5.41) is 12.0. The molecule has 10 heteroatoms. The van der Waals surface area contributed by atoms with E-state index >= 15 is 4.39 Å². The average Bonchev–Trinajstić information content (AvgIpc) is 3.57. The normalized spacial score (nSPS) is 17.3. The Kier molecular flexibility index (Phi) is 4.05. The molecule has 35 heavy (non-hydrogen) atoms. The third kappa shape index (κ3) is 3.17. The molecule has 6 rings (SSSR count). The van der Waals surface area contributed by atoms with Gasteiger partial charge in [-0.25, -0.2) is 18.3 Å². The Labute approximate surface area is 203 Å². The number of hydrogen-bond acceptors (Lipinski definition) is 4. The molecule has 0 unspecified atom stereocenters. The maximum absolute atomic E-state index is 15.6. The summed E-state index contributed by atoms with van der Waals surface area (Å²) in [7, 11) is 0. The lowest BCUT2D eigenvalue weighted by Crippen LogP contribution is -2.30. The van der Waals surface area contributed by atoms with Crippen molar-refractivity contribution in [2.24, 2.45) is 6.98 Å². The Morgan fingerprint density at radius 3 is 2.80 bits per heavy atom. The zero-order valence-corrected chi connectivity index (χ0v) is 19.0. The van der Waals surface area contributed by atoms with Crippen molar-refractivity contribution in [1.82, 2.24) is 34.0 Å². The quantitative estimate of drug-likeness (QED) is 0.431. The van der Waals surface area contributed by atoms with Gasteiger partial charge in [0.15, 0.2) is 5.82 Å². The van der Waals surface area contributed by atoms with E-state index in [9.17, 15) is 9.18 Å². The van der Waals surface area contributed by atoms with Crippen molar-refractivity contribution in [3.05, 3.63) is 87.9 Å². The van der Waals surface area contributed by atoms with E-state index in [4.69, 9.17) is 9.21 Å². The number of rotatable bonds is 3. The standard InChI is InChI=1S/C25H23F2N7O/c1-14-12-16(4-5-18(14)26)34-24(22-15(2)28-9-8-19(22)30-34)33-11-10-32(25(33)35)21-7-6-20-17(23(21)27)13-29-31(20)3/h4-7,10-13,15,28H,8-9H2,1-3H3/t15-/m0/s1/i3D3. The maximum Gasteiger partial charge on any atom is 0.338 e. The average molecular weight is 479 g/mol. The highest BCUT2D eigenvalue weighted by molar-refractivity contribution is 5.81. The molecule has 1 N–H and O–H groups in total. The summed E-state index contributed by atoms with van der Waals surface area (Å²) < 4.78 is 57.4. The van der Waals surface area contributed by atoms with Crippen molar-refractivity contribution < 1.29 is 12.9 Å². The zero-order valence-electron chi connectivity index (χ0n) is 22.0. The summed E-state index contributed by atoms with van der Waals surface area (Å²) in [5.74, 6) is -0.637. The van der Waals surface area contributed by atoms with E-state index in [2.05, 4.69) is 10.4 Å². The number of benzene rings is 2. The monoisotopic (exact) mass is 478 g/mol. The molecule has 0 fully saturated rings. The van der Waals surface area contributed by atoms with Gasteiger partial charge in [0.1, 0.15) is 11.6 Å². The zero-order chi connectivity index (χ0) is 26.9. The first-order chi connectivity index (χ1) is 18.1. The summed E-state index contributed by atoms with van der Waals surface area (Å²) in [6.07, 6.45) is 4.76. The minimum absolute atomic E-state index is 0.0136. The molecule has 8 nitrogen and oxygen atoms in total. The first-order valence-electron chi connectivity index (χ1n) is 12.7. The fourth-order valence-corrected chi connectivity index (χ4v) is 4.74. The topological polar surface area (TPSA) is 74.6 Å². The molecular formula is C25H23F2N7O. The number of nitrogens with one attached hydrogen (secondary N) is 1. The van der Waals surface area contributed by atoms with E-state index in [1.54, 1.807) is 23.7 Å². The molecule has 0 saturated heterocycles. The van der Waals surface area contributed by atoms with Crippen LogP contribution < -0.4 is 11.0 Å². The summed E-state index contributed by atoms with van der Waals surface area (Å²) >= 11 is 0. The Hall–Kier alpha value is -4.05. The Balaban J connectivity index is 1.54. The van der Waals surface area contributed by atoms with E-state index < -0.39 is 18.5 Å². The van der Waals surface area contributed by atoms with Gasteiger partial charge in [-0.2, -0.15) is 10.2 Å². The van der Waals surface area contributed by atoms with Gasteiger partial charge in [0.05, 0.1) is 34.2 Å². The molecule has 2 aromatic carbocycles. The number of halogens is 2. The van der Waals surface area contributed by atoms with Crippen LogP contribution in [0.5, 0.6) is 0 Å². The fraction of sp³-hybridized carbons (Fsp3) is 0.240. The minimum Gasteiger partial charge on any atom is -0.310 e. The van der Waals surface area contributed by atoms with Gasteiger partial charge in [-0.3, -0.25) is 13.8 Å². The van der Waals surface area contributed by atoms with Crippen LogP contribution in [0, 0.1) is 18.6 Å². The number of aromatic nitrogens is 6. The molecule has 0 radical (unpaired) electrons. The van der Waals surface area contributed by atoms with E-state index in [-0.39, 0.29) is 28.4 Å². The number of nitrogens with zero attached hydrogens (tertiary/aromatic N) is 6. The lowest BCUT2D eigenvalue weighted by molar-refractivity contribution is 0.536. The molecular weight excluding hydrogens is 452 g/mol. The molecule has 0 saturated carbocycles. The van der Waals surface area contributed by atoms with Crippen LogP contribution in [-0.4, -0.2) is 35.2 Å². The lowest BCUT2D eigenvalue weighted by atomic mass is 10.0. The largest absolute Gasteiger partial charge is 0.338 e. The van der Waals surface area contributed by atoms with Gasteiger partial charge in [-0.1, -0.05) is 0 Å². The molecule has 4 heterocycles. The maximum atomic E-state index is 15.6. The van der Waals surface area contributed by atoms with Crippen LogP contribution in [0.2, 0.25) is 0 Å². The Bertz CT molecular complexity index is 1780. The second-order valence-electron chi connectivity index (χ2n) is 8.66. The lowest BCUT2D eigenvalue weighted by Gasteiger charge is -2.21. The Morgan fingerprint density at radius 2 is 2.00 bits per heavy atom. The predicted octanol–water partition coefficient (Wildman–Crippen LogP) is 3.49. The van der Waals surface area contributed by atoms with Crippen molar-refractivity contribution in [1.29, 1.82) is 0 Å². The van der Waals surface area contributed by atoms with Gasteiger partial charge in [-0.05, 0) is 49.7 Å². The third-order valence-electron chi connectivity index (χ3n) is 6.54. The van der Waals surface area contributed by atoms with Gasteiger partial charge < -0.3 is 5.32 Å². The van der Waals surface area contributed by atoms with Gasteiger partial charge in [-0.15, -0.1) is 0 Å². The highest BCUT2D eigenvalue weighted by Crippen LogP contribution is 2.31. The summed E-state index contributed by atoms with van der Waals surface area (Å²) in [6.45, 7) is 1.78. The molecule has 0 bridgehead atoms. The van der Waals surface area contributed by atoms with Crippen LogP contribution in [-0.2, 0) is 13.4 Å². The van der Waals surface area contributed by atoms with Crippen molar-refractivity contribution in [2.45, 2.75) is 26.3 Å². The van der Waals surface area contributed by atoms with Gasteiger partial charge >= 0.3 is 5.69 Å². The van der Waals surface area contributed by atoms with E-state index in [0.717, 1.165) is 33.2 Å². The third-order valence-corrected chi connectivity index (χ3v) is 6.54. The Morgan fingerprint density at radius 1 is 1.17 bits per heavy atom. The summed E-state index contributed by atoms with van der Waals surface area (Å²) in [6, 6.07) is 7.28. The summed E-state index contributed by atoms with van der Waals surface area (Å²) in [5.41, 5.74) is 2.17. The number of fused-ring (bicyclic) bond motifs is 2. The van der Waals surface area contributed by atoms with Crippen molar-refractivity contribution in [2.75, 3.05) is 6.54 Å². The molecule has 0 amide bonds. The van der Waals surface area contributed by atoms with Gasteiger partial charge in [0, 0.05) is 48.1 Å². The number of hydrogen-bond donors (Lipinski definition) is 1. The first kappa shape index (κ1) is 18.3. The highest BCUT2D eigenvalue weighted by Gasteiger charge is 2.29. The van der Waals surface area contributed by atoms with Crippen LogP contribution in [0.3, 0.4) is 0 Å². The molecule has 5 aromatic rings. The highest BCUT2D eigenvalue weighted by atomic mass is 19.1. The SMILES string of the molecule is [2H]C([2H])([2H])n1ncc2c(F)c(-n3ccn(-c4c5c(nn4-c4ccc(F)c(C)c4)CCN[C@H]5C)c3=O)ccc21. The predicted molar refractivity (Wildman–Crippen MR) is 128 cm³/mol. The molecule has 0 spiro atoms. The second kappa shape index (κ2) is 7.74. The first-order valence-corrected chi connectivity index (χ1v) is 11.2. The molecule has 178 valence electrons. The van der Waals surface area contributed by atoms with Crippen LogP contribution in [0.4, 0.5) is 8.78 Å². The van der Waals surface area contributed by atoms with Crippen molar-refractivity contribution in [3.63, 3.8) is 0 Å². The minimum atomic E-state index is -2.57. The molecule has 3 aromatic heterocycles. The van der Waals surface area contributed by atoms with Crippen LogP contribution in [0.1, 0.15) is 33.9 Å². The number of imidazole rings is 1. The summed E-state index contributed by atoms with van der Waals surface area (Å²) in [4.78, 5) is 13.7. The van der Waals surface area contributed by atoms with E-state index in [0.29, 0.717) is 23.5 Å².